The highest BCUT2D eigenvalue weighted by Gasteiger charge is 2.21. The number of carbonyl (C=O) groups is 1. The molecule has 28 heavy (non-hydrogen) atoms. The van der Waals surface area contributed by atoms with Crippen LogP contribution in [0.1, 0.15) is 26.5 Å². The lowest BCUT2D eigenvalue weighted by atomic mass is 9.92. The maximum atomic E-state index is 12.4. The zero-order valence-corrected chi connectivity index (χ0v) is 15.8. The summed E-state index contributed by atoms with van der Waals surface area (Å²) < 4.78 is 1.68. The highest BCUT2D eigenvalue weighted by atomic mass is 16.6. The number of rotatable bonds is 4. The minimum Gasteiger partial charge on any atom is -0.308 e. The van der Waals surface area contributed by atoms with Gasteiger partial charge in [-0.25, -0.2) is 9.48 Å². The first kappa shape index (κ1) is 19.1. The summed E-state index contributed by atoms with van der Waals surface area (Å²) in [6, 6.07) is 16.5. The van der Waals surface area contributed by atoms with Crippen LogP contribution in [0.15, 0.2) is 60.7 Å². The average Bonchev–Trinajstić information content (AvgIpc) is 3.07. The molecule has 0 unspecified atom stereocenters. The van der Waals surface area contributed by atoms with Crippen LogP contribution in [0.3, 0.4) is 0 Å². The molecule has 0 atom stereocenters. The van der Waals surface area contributed by atoms with Crippen LogP contribution < -0.4 is 10.6 Å². The molecule has 8 nitrogen and oxygen atoms in total. The van der Waals surface area contributed by atoms with E-state index < -0.39 is 11.0 Å². The van der Waals surface area contributed by atoms with E-state index in [1.165, 1.54) is 24.3 Å². The molecule has 0 saturated carbocycles. The number of aromatic nitrogens is 2. The molecule has 0 aliphatic carbocycles. The predicted octanol–water partition coefficient (Wildman–Crippen LogP) is 4.72. The van der Waals surface area contributed by atoms with E-state index >= 15 is 0 Å². The van der Waals surface area contributed by atoms with E-state index in [9.17, 15) is 14.9 Å². The molecule has 0 radical (unpaired) electrons. The van der Waals surface area contributed by atoms with Gasteiger partial charge in [0.25, 0.3) is 5.69 Å². The number of nitro benzene ring substituents is 1. The zero-order valence-electron chi connectivity index (χ0n) is 15.8. The molecule has 2 aromatic carbocycles. The van der Waals surface area contributed by atoms with Crippen LogP contribution >= 0.6 is 0 Å². The highest BCUT2D eigenvalue weighted by molar-refractivity contribution is 5.99. The van der Waals surface area contributed by atoms with Gasteiger partial charge in [0.05, 0.1) is 16.3 Å². The summed E-state index contributed by atoms with van der Waals surface area (Å²) in [6.07, 6.45) is 0. The standard InChI is InChI=1S/C20H21N5O3/c1-20(2,3)17-13-18(24(23-17)15-7-5-4-6-8-15)22-19(26)21-14-9-11-16(12-10-14)25(27)28/h4-13H,1-3H3,(H2,21,22,26). The van der Waals surface area contributed by atoms with Gasteiger partial charge >= 0.3 is 6.03 Å². The highest BCUT2D eigenvalue weighted by Crippen LogP contribution is 2.26. The Balaban J connectivity index is 1.83. The molecular weight excluding hydrogens is 358 g/mol. The van der Waals surface area contributed by atoms with Gasteiger partial charge in [-0.05, 0) is 24.3 Å². The number of para-hydroxylation sites is 1. The van der Waals surface area contributed by atoms with Gasteiger partial charge in [-0.15, -0.1) is 0 Å². The zero-order chi connectivity index (χ0) is 20.3. The number of carbonyl (C=O) groups excluding carboxylic acids is 1. The molecule has 0 fully saturated rings. The second-order valence-corrected chi connectivity index (χ2v) is 7.30. The molecule has 2 amide bonds. The van der Waals surface area contributed by atoms with Crippen LogP contribution in [0.2, 0.25) is 0 Å². The lowest BCUT2D eigenvalue weighted by molar-refractivity contribution is -0.384. The van der Waals surface area contributed by atoms with Gasteiger partial charge in [0.15, 0.2) is 0 Å². The molecule has 2 N–H and O–H groups in total. The molecule has 3 aromatic rings. The number of non-ortho nitro benzene ring substituents is 1. The minimum atomic E-state index is -0.490. The number of benzene rings is 2. The Morgan fingerprint density at radius 2 is 1.68 bits per heavy atom. The van der Waals surface area contributed by atoms with Crippen molar-refractivity contribution in [3.05, 3.63) is 76.5 Å². The monoisotopic (exact) mass is 379 g/mol. The Hall–Kier alpha value is -3.68. The van der Waals surface area contributed by atoms with E-state index in [4.69, 9.17) is 0 Å². The SMILES string of the molecule is CC(C)(C)c1cc(NC(=O)Nc2ccc([N+](=O)[O-])cc2)n(-c2ccccc2)n1. The lowest BCUT2D eigenvalue weighted by Gasteiger charge is -2.14. The Morgan fingerprint density at radius 1 is 1.04 bits per heavy atom. The Kier molecular flexibility index (Phi) is 5.12. The molecule has 0 saturated heterocycles. The third-order valence-corrected chi connectivity index (χ3v) is 4.06. The van der Waals surface area contributed by atoms with Crippen molar-refractivity contribution < 1.29 is 9.72 Å². The minimum absolute atomic E-state index is 0.0390. The van der Waals surface area contributed by atoms with E-state index in [-0.39, 0.29) is 11.1 Å². The van der Waals surface area contributed by atoms with E-state index in [0.717, 1.165) is 11.4 Å². The maximum Gasteiger partial charge on any atom is 0.324 e. The number of anilines is 2. The molecule has 0 spiro atoms. The predicted molar refractivity (Wildman–Crippen MR) is 108 cm³/mol. The first-order valence-corrected chi connectivity index (χ1v) is 8.72. The van der Waals surface area contributed by atoms with Gasteiger partial charge in [-0.2, -0.15) is 5.10 Å². The Bertz CT molecular complexity index is 989. The summed E-state index contributed by atoms with van der Waals surface area (Å²) >= 11 is 0. The topological polar surface area (TPSA) is 102 Å². The van der Waals surface area contributed by atoms with Crippen molar-refractivity contribution in [2.75, 3.05) is 10.6 Å². The number of nitrogens with zero attached hydrogens (tertiary/aromatic N) is 3. The van der Waals surface area contributed by atoms with Crippen molar-refractivity contribution in [2.45, 2.75) is 26.2 Å². The van der Waals surface area contributed by atoms with Crippen molar-refractivity contribution in [3.63, 3.8) is 0 Å². The van der Waals surface area contributed by atoms with Gasteiger partial charge in [-0.1, -0.05) is 39.0 Å². The number of urea groups is 1. The molecule has 0 aliphatic rings. The second kappa shape index (κ2) is 7.51. The third kappa shape index (κ3) is 4.35. The van der Waals surface area contributed by atoms with E-state index in [2.05, 4.69) is 15.7 Å². The van der Waals surface area contributed by atoms with Crippen LogP contribution in [0.5, 0.6) is 0 Å². The van der Waals surface area contributed by atoms with Crippen molar-refractivity contribution in [1.82, 2.24) is 9.78 Å². The number of hydrogen-bond donors (Lipinski definition) is 2. The summed E-state index contributed by atoms with van der Waals surface area (Å²) in [5.74, 6) is 0.524. The molecule has 0 bridgehead atoms. The average molecular weight is 379 g/mol. The Labute approximate surface area is 162 Å². The lowest BCUT2D eigenvalue weighted by Crippen LogP contribution is -2.21. The molecule has 144 valence electrons. The summed E-state index contributed by atoms with van der Waals surface area (Å²) in [5, 5.41) is 20.8. The fourth-order valence-electron chi connectivity index (χ4n) is 2.55. The first-order valence-electron chi connectivity index (χ1n) is 8.72. The summed E-state index contributed by atoms with van der Waals surface area (Å²) in [5.41, 5.74) is 1.88. The molecule has 3 rings (SSSR count). The number of hydrogen-bond acceptors (Lipinski definition) is 4. The van der Waals surface area contributed by atoms with E-state index in [1.807, 2.05) is 57.2 Å². The number of nitro groups is 1. The van der Waals surface area contributed by atoms with Crippen LogP contribution in [0, 0.1) is 10.1 Å². The fourth-order valence-corrected chi connectivity index (χ4v) is 2.55. The van der Waals surface area contributed by atoms with Gasteiger partial charge < -0.3 is 5.32 Å². The maximum absolute atomic E-state index is 12.4. The van der Waals surface area contributed by atoms with Crippen LogP contribution in [0.25, 0.3) is 5.69 Å². The number of nitrogens with one attached hydrogen (secondary N) is 2. The van der Waals surface area contributed by atoms with Crippen molar-refractivity contribution in [2.24, 2.45) is 0 Å². The molecule has 1 aromatic heterocycles. The van der Waals surface area contributed by atoms with E-state index in [0.29, 0.717) is 11.5 Å². The summed E-state index contributed by atoms with van der Waals surface area (Å²) in [6.45, 7) is 6.14. The van der Waals surface area contributed by atoms with Crippen LogP contribution in [0.4, 0.5) is 22.0 Å². The van der Waals surface area contributed by atoms with Gasteiger partial charge in [-0.3, -0.25) is 15.4 Å². The largest absolute Gasteiger partial charge is 0.324 e. The van der Waals surface area contributed by atoms with Crippen molar-refractivity contribution in [1.29, 1.82) is 0 Å². The van der Waals surface area contributed by atoms with E-state index in [1.54, 1.807) is 4.68 Å². The second-order valence-electron chi connectivity index (χ2n) is 7.30. The van der Waals surface area contributed by atoms with Crippen LogP contribution in [-0.4, -0.2) is 20.7 Å². The van der Waals surface area contributed by atoms with Gasteiger partial charge in [0, 0.05) is 29.3 Å². The summed E-state index contributed by atoms with van der Waals surface area (Å²) in [4.78, 5) is 22.7. The quantitative estimate of drug-likeness (QED) is 0.506. The third-order valence-electron chi connectivity index (χ3n) is 4.06. The van der Waals surface area contributed by atoms with Crippen molar-refractivity contribution in [3.8, 4) is 5.69 Å². The molecule has 8 heteroatoms. The number of amides is 2. The van der Waals surface area contributed by atoms with Crippen LogP contribution in [-0.2, 0) is 5.41 Å². The fraction of sp³-hybridized carbons (Fsp3) is 0.200. The van der Waals surface area contributed by atoms with Gasteiger partial charge in [0.1, 0.15) is 5.82 Å². The van der Waals surface area contributed by atoms with Crippen molar-refractivity contribution >= 4 is 23.2 Å². The van der Waals surface area contributed by atoms with Gasteiger partial charge in [0.2, 0.25) is 0 Å². The molecular formula is C20H21N5O3. The smallest absolute Gasteiger partial charge is 0.308 e. The summed E-state index contributed by atoms with van der Waals surface area (Å²) in [7, 11) is 0. The Morgan fingerprint density at radius 3 is 2.25 bits per heavy atom. The molecule has 0 aliphatic heterocycles. The molecule has 1 heterocycles. The normalized spacial score (nSPS) is 11.1. The first-order chi connectivity index (χ1) is 13.2.